The van der Waals surface area contributed by atoms with Crippen LogP contribution in [0.5, 0.6) is 0 Å². The Kier molecular flexibility index (Phi) is 9.04. The van der Waals surface area contributed by atoms with E-state index in [4.69, 9.17) is 9.97 Å². The molecule has 14 aromatic rings. The molecule has 5 heteroatoms. The molecular weight excluding hydrogens is 851 g/mol. The van der Waals surface area contributed by atoms with Gasteiger partial charge in [-0.15, -0.1) is 0 Å². The Morgan fingerprint density at radius 1 is 0.257 bits per heavy atom. The Morgan fingerprint density at radius 3 is 1.14 bits per heavy atom. The van der Waals surface area contributed by atoms with Crippen molar-refractivity contribution in [3.8, 4) is 62.1 Å². The van der Waals surface area contributed by atoms with Gasteiger partial charge < -0.3 is 13.7 Å². The van der Waals surface area contributed by atoms with E-state index in [2.05, 4.69) is 239 Å². The van der Waals surface area contributed by atoms with Gasteiger partial charge in [-0.1, -0.05) is 163 Å². The number of rotatable bonds is 7. The number of hydrogen-bond donors (Lipinski definition) is 0. The molecule has 4 aromatic heterocycles. The highest BCUT2D eigenvalue weighted by Gasteiger charge is 2.20. The van der Waals surface area contributed by atoms with E-state index in [1.54, 1.807) is 0 Å². The second-order valence-electron chi connectivity index (χ2n) is 18.3. The van der Waals surface area contributed by atoms with Crippen LogP contribution in [0.25, 0.3) is 128 Å². The lowest BCUT2D eigenvalue weighted by molar-refractivity contribution is 1.16. The molecule has 14 rings (SSSR count). The molecule has 4 heterocycles. The lowest BCUT2D eigenvalue weighted by atomic mass is 10.0. The van der Waals surface area contributed by atoms with Gasteiger partial charge in [0.05, 0.1) is 44.5 Å². The molecule has 70 heavy (non-hydrogen) atoms. The van der Waals surface area contributed by atoms with Gasteiger partial charge in [0.2, 0.25) is 0 Å². The smallest absolute Gasteiger partial charge is 0.160 e. The van der Waals surface area contributed by atoms with E-state index in [9.17, 15) is 0 Å². The summed E-state index contributed by atoms with van der Waals surface area (Å²) in [7, 11) is 0. The Hall–Kier alpha value is -9.32. The Balaban J connectivity index is 0.894. The van der Waals surface area contributed by atoms with Crippen LogP contribution < -0.4 is 0 Å². The molecule has 0 atom stereocenters. The van der Waals surface area contributed by atoms with Gasteiger partial charge in [-0.05, 0) is 103 Å². The number of benzene rings is 10. The average Bonchev–Trinajstić information content (AvgIpc) is 4.06. The van der Waals surface area contributed by atoms with Crippen molar-refractivity contribution in [2.45, 2.75) is 6.92 Å². The Morgan fingerprint density at radius 2 is 0.614 bits per heavy atom. The van der Waals surface area contributed by atoms with Crippen molar-refractivity contribution < 1.29 is 0 Å². The first-order valence-corrected chi connectivity index (χ1v) is 23.9. The van der Waals surface area contributed by atoms with E-state index in [0.717, 1.165) is 67.3 Å². The molecule has 0 unspecified atom stereocenters. The summed E-state index contributed by atoms with van der Waals surface area (Å²) in [6.45, 7) is 2.17. The van der Waals surface area contributed by atoms with Gasteiger partial charge in [0, 0.05) is 66.1 Å². The van der Waals surface area contributed by atoms with Gasteiger partial charge in [0.25, 0.3) is 0 Å². The summed E-state index contributed by atoms with van der Waals surface area (Å²) in [6, 6.07) is 87.4. The summed E-state index contributed by atoms with van der Waals surface area (Å²) < 4.78 is 7.27. The number of fused-ring (bicyclic) bond motifs is 9. The summed E-state index contributed by atoms with van der Waals surface area (Å²) in [5.74, 6) is 0.711. The van der Waals surface area contributed by atoms with Crippen molar-refractivity contribution in [1.29, 1.82) is 0 Å². The first kappa shape index (κ1) is 39.8. The zero-order chi connectivity index (χ0) is 46.3. The van der Waals surface area contributed by atoms with Gasteiger partial charge in [0.15, 0.2) is 5.82 Å². The third-order valence-corrected chi connectivity index (χ3v) is 14.1. The van der Waals surface area contributed by atoms with E-state index in [1.807, 2.05) is 24.3 Å². The van der Waals surface area contributed by atoms with E-state index < -0.39 is 0 Å². The van der Waals surface area contributed by atoms with Crippen LogP contribution in [0.15, 0.2) is 243 Å². The summed E-state index contributed by atoms with van der Waals surface area (Å²) in [4.78, 5) is 10.1. The highest BCUT2D eigenvalue weighted by atomic mass is 15.0. The average molecular weight is 894 g/mol. The molecule has 5 nitrogen and oxygen atoms in total. The standard InChI is InChI=1S/C65H43N5/c1-42-24-35-62-54(38-42)53-20-10-13-23-61(53)70(62)50-34-37-64-56(40-50)55-39-49(69-59-21-11-8-18-51(59)52-19-9-12-22-60(52)69)33-36-63(55)68(64)48-31-29-44(30-32-48)43-25-27-46(28-26-43)58-41-57(45-14-4-2-5-15-45)66-65(67-58)47-16-6-3-7-17-47/h2-41H,1H3. The zero-order valence-corrected chi connectivity index (χ0v) is 38.3. The quantitative estimate of drug-likeness (QED) is 0.160. The largest absolute Gasteiger partial charge is 0.309 e. The minimum Gasteiger partial charge on any atom is -0.309 e. The summed E-state index contributed by atoms with van der Waals surface area (Å²) >= 11 is 0. The molecule has 328 valence electrons. The van der Waals surface area contributed by atoms with Crippen LogP contribution in [-0.2, 0) is 0 Å². The second-order valence-corrected chi connectivity index (χ2v) is 18.3. The molecule has 0 aliphatic heterocycles. The molecule has 0 spiro atoms. The second kappa shape index (κ2) is 15.9. The minimum atomic E-state index is 0.711. The fraction of sp³-hybridized carbons (Fsp3) is 0.0154. The van der Waals surface area contributed by atoms with E-state index in [1.165, 1.54) is 59.9 Å². The lowest BCUT2D eigenvalue weighted by Crippen LogP contribution is -1.96. The van der Waals surface area contributed by atoms with Crippen molar-refractivity contribution in [2.24, 2.45) is 0 Å². The Labute approximate surface area is 404 Å². The Bertz CT molecular complexity index is 4220. The number of aryl methyl sites for hydroxylation is 1. The van der Waals surface area contributed by atoms with Crippen LogP contribution in [0.2, 0.25) is 0 Å². The van der Waals surface area contributed by atoms with E-state index >= 15 is 0 Å². The molecular formula is C65H43N5. The summed E-state index contributed by atoms with van der Waals surface area (Å²) in [6.07, 6.45) is 0. The predicted molar refractivity (Wildman–Crippen MR) is 292 cm³/mol. The third-order valence-electron chi connectivity index (χ3n) is 14.1. The van der Waals surface area contributed by atoms with Crippen molar-refractivity contribution in [1.82, 2.24) is 23.7 Å². The molecule has 0 saturated carbocycles. The first-order chi connectivity index (χ1) is 34.6. The molecule has 0 aliphatic rings. The number of hydrogen-bond acceptors (Lipinski definition) is 2. The van der Waals surface area contributed by atoms with Gasteiger partial charge in [-0.25, -0.2) is 9.97 Å². The molecule has 0 saturated heterocycles. The van der Waals surface area contributed by atoms with E-state index in [-0.39, 0.29) is 0 Å². The molecule has 0 amide bonds. The minimum absolute atomic E-state index is 0.711. The fourth-order valence-electron chi connectivity index (χ4n) is 10.8. The van der Waals surface area contributed by atoms with Crippen LogP contribution in [0.4, 0.5) is 0 Å². The lowest BCUT2D eigenvalue weighted by Gasteiger charge is -2.12. The van der Waals surface area contributed by atoms with Crippen LogP contribution in [-0.4, -0.2) is 23.7 Å². The van der Waals surface area contributed by atoms with Crippen molar-refractivity contribution >= 4 is 65.4 Å². The number of nitrogens with zero attached hydrogens (tertiary/aromatic N) is 5. The summed E-state index contributed by atoms with van der Waals surface area (Å²) in [5, 5.41) is 7.43. The topological polar surface area (TPSA) is 40.6 Å². The molecule has 0 fully saturated rings. The molecule has 0 N–H and O–H groups in total. The maximum atomic E-state index is 5.07. The van der Waals surface area contributed by atoms with Crippen molar-refractivity contribution in [3.63, 3.8) is 0 Å². The maximum absolute atomic E-state index is 5.07. The van der Waals surface area contributed by atoms with Gasteiger partial charge in [-0.2, -0.15) is 0 Å². The molecule has 0 aliphatic carbocycles. The maximum Gasteiger partial charge on any atom is 0.160 e. The zero-order valence-electron chi connectivity index (χ0n) is 38.3. The normalized spacial score (nSPS) is 11.8. The molecule has 0 bridgehead atoms. The van der Waals surface area contributed by atoms with Crippen LogP contribution in [0.1, 0.15) is 5.56 Å². The van der Waals surface area contributed by atoms with Crippen molar-refractivity contribution in [3.05, 3.63) is 248 Å². The van der Waals surface area contributed by atoms with Crippen LogP contribution in [0, 0.1) is 6.92 Å². The SMILES string of the molecule is Cc1ccc2c(c1)c1ccccc1n2-c1ccc2c(c1)c1cc(-n3c4ccccc4c4ccccc43)ccc1n2-c1ccc(-c2ccc(-c3cc(-c4ccccc4)nc(-c4ccccc4)n3)cc2)cc1. The van der Waals surface area contributed by atoms with Gasteiger partial charge in [-0.3, -0.25) is 0 Å². The first-order valence-electron chi connectivity index (χ1n) is 23.9. The van der Waals surface area contributed by atoms with Crippen LogP contribution in [0.3, 0.4) is 0 Å². The van der Waals surface area contributed by atoms with Crippen molar-refractivity contribution in [2.75, 3.05) is 0 Å². The van der Waals surface area contributed by atoms with Gasteiger partial charge in [0.1, 0.15) is 0 Å². The number of para-hydroxylation sites is 3. The highest BCUT2D eigenvalue weighted by molar-refractivity contribution is 6.14. The van der Waals surface area contributed by atoms with E-state index in [0.29, 0.717) is 5.82 Å². The third kappa shape index (κ3) is 6.40. The number of aromatic nitrogens is 5. The predicted octanol–water partition coefficient (Wildman–Crippen LogP) is 16.7. The van der Waals surface area contributed by atoms with Crippen LogP contribution >= 0.6 is 0 Å². The fourth-order valence-corrected chi connectivity index (χ4v) is 10.8. The highest BCUT2D eigenvalue weighted by Crippen LogP contribution is 2.40. The molecule has 0 radical (unpaired) electrons. The molecule has 10 aromatic carbocycles. The summed E-state index contributed by atoms with van der Waals surface area (Å²) in [5.41, 5.74) is 18.9. The van der Waals surface area contributed by atoms with Gasteiger partial charge >= 0.3 is 0 Å². The monoisotopic (exact) mass is 893 g/mol.